The zero-order valence-electron chi connectivity index (χ0n) is 37.1. The Hall–Kier alpha value is -6.29. The molecule has 14 N–H and O–H groups in total. The summed E-state index contributed by atoms with van der Waals surface area (Å²) >= 11 is 1.85. The zero-order valence-corrected chi connectivity index (χ0v) is 39.3. The number of benzene rings is 3. The van der Waals surface area contributed by atoms with Gasteiger partial charge in [0, 0.05) is 50.4 Å². The Morgan fingerprint density at radius 3 is 1.48 bits per heavy atom. The number of guanidine groups is 1. The van der Waals surface area contributed by atoms with Gasteiger partial charge < -0.3 is 69.2 Å². The molecular formula is C43H54F6IN13O6. The van der Waals surface area contributed by atoms with Crippen molar-refractivity contribution < 1.29 is 55.0 Å². The molecule has 0 aliphatic carbocycles. The van der Waals surface area contributed by atoms with Gasteiger partial charge in [-0.3, -0.25) is 24.4 Å². The van der Waals surface area contributed by atoms with E-state index in [0.717, 1.165) is 18.2 Å². The van der Waals surface area contributed by atoms with Gasteiger partial charge in [0.25, 0.3) is 0 Å². The molecule has 2 fully saturated rings. The van der Waals surface area contributed by atoms with Gasteiger partial charge in [-0.15, -0.1) is 0 Å². The molecule has 0 bridgehead atoms. The fourth-order valence-corrected chi connectivity index (χ4v) is 7.19. The summed E-state index contributed by atoms with van der Waals surface area (Å²) in [5.41, 5.74) is 13.1. The zero-order chi connectivity index (χ0) is 50.1. The number of hydrogen-bond donors (Lipinski definition) is 11. The van der Waals surface area contributed by atoms with E-state index in [1.807, 2.05) is 22.6 Å². The number of halogens is 7. The molecule has 69 heavy (non-hydrogen) atoms. The fourth-order valence-electron chi connectivity index (χ4n) is 6.95. The van der Waals surface area contributed by atoms with Crippen LogP contribution in [0, 0.1) is 0 Å². The molecule has 3 aromatic carbocycles. The lowest BCUT2D eigenvalue weighted by Crippen LogP contribution is -2.25. The molecule has 3 aromatic rings. The Bertz CT molecular complexity index is 2320. The summed E-state index contributed by atoms with van der Waals surface area (Å²) < 4.78 is 97.5. The van der Waals surface area contributed by atoms with Crippen molar-refractivity contribution in [3.63, 3.8) is 0 Å². The summed E-state index contributed by atoms with van der Waals surface area (Å²) in [5.74, 6) is -2.41. The lowest BCUT2D eigenvalue weighted by atomic mass is 10.1. The van der Waals surface area contributed by atoms with E-state index < -0.39 is 66.0 Å². The highest BCUT2D eigenvalue weighted by molar-refractivity contribution is 14.1. The average molecular weight is 1090 g/mol. The topological polar surface area (TPSA) is 286 Å². The number of rotatable bonds is 22. The summed E-state index contributed by atoms with van der Waals surface area (Å²) in [7, 11) is 0. The molecule has 0 spiro atoms. The van der Waals surface area contributed by atoms with E-state index in [0.29, 0.717) is 86.8 Å². The number of carbonyl (C=O) groups excluding carboxylic acids is 4. The lowest BCUT2D eigenvalue weighted by molar-refractivity contribution is -0.138. The third-order valence-electron chi connectivity index (χ3n) is 10.3. The first-order chi connectivity index (χ1) is 32.7. The lowest BCUT2D eigenvalue weighted by Gasteiger charge is -2.22. The summed E-state index contributed by atoms with van der Waals surface area (Å²) in [6.45, 7) is 2.06. The number of amides is 5. The van der Waals surface area contributed by atoms with Gasteiger partial charge in [0.1, 0.15) is 12.2 Å². The second-order valence-electron chi connectivity index (χ2n) is 15.8. The van der Waals surface area contributed by atoms with Crippen molar-refractivity contribution in [2.45, 2.75) is 75.9 Å². The Morgan fingerprint density at radius 2 is 1.06 bits per heavy atom. The highest BCUT2D eigenvalue weighted by Crippen LogP contribution is 2.43. The number of anilines is 6. The van der Waals surface area contributed by atoms with Crippen LogP contribution in [-0.4, -0.2) is 91.6 Å². The maximum absolute atomic E-state index is 14.2. The normalized spacial score (nSPS) is 16.0. The van der Waals surface area contributed by atoms with Crippen molar-refractivity contribution in [1.82, 2.24) is 10.6 Å². The predicted molar refractivity (Wildman–Crippen MR) is 259 cm³/mol. The van der Waals surface area contributed by atoms with E-state index >= 15 is 0 Å². The number of alkyl halides is 6. The minimum atomic E-state index is -4.88. The first-order valence-electron chi connectivity index (χ1n) is 21.8. The van der Waals surface area contributed by atoms with Crippen molar-refractivity contribution in [3.8, 4) is 11.5 Å². The van der Waals surface area contributed by atoms with Gasteiger partial charge in [-0.2, -0.15) is 26.3 Å². The number of nitrogens with one attached hydrogen (secondary N) is 8. The SMILES string of the molecule is NC(N)=NCCCCC(=O)Nc1cc(C(F)(F)F)cc(NC(=O)Nc2ccc(NCC(=O)Nc3cc(C(F)(F)F)cc(NC(=O)CCCCN=C(N)I)c3OC3CCNC3)cc2)c1OC1CCNC1. The first-order valence-corrected chi connectivity index (χ1v) is 22.9. The van der Waals surface area contributed by atoms with E-state index in [2.05, 4.69) is 52.5 Å². The minimum absolute atomic E-state index is 0.0282. The van der Waals surface area contributed by atoms with Crippen molar-refractivity contribution in [3.05, 3.63) is 59.7 Å². The molecule has 0 aromatic heterocycles. The molecule has 0 radical (unpaired) electrons. The van der Waals surface area contributed by atoms with E-state index in [-0.39, 0.29) is 65.3 Å². The molecule has 0 saturated carbocycles. The average Bonchev–Trinajstić information content (AvgIpc) is 3.99. The van der Waals surface area contributed by atoms with Crippen molar-refractivity contribution in [2.24, 2.45) is 27.2 Å². The highest BCUT2D eigenvalue weighted by Gasteiger charge is 2.35. The standard InChI is InChI=1S/C43H54F6IN13O6/c44-42(45,46)24-17-30(60-34(64)5-1-3-13-56-39(50)51)37(68-28-11-15-54-21-28)32(19-24)62-36(66)23-58-26-7-9-27(10-8-26)59-41(67)63-33-20-25(43(47,48)49)18-31(38(33)69-29-12-16-55-22-29)61-35(65)6-2-4-14-57-40(52)53/h7-10,17-20,28-29,54-55,58H,1-6,11-16,21-23H2,(H2,51,56)(H,60,64)(H,61,65)(H,62,66)(H4,52,53,57)(H2,59,63,67). The minimum Gasteiger partial charge on any atom is -0.485 e. The molecule has 5 amide bonds. The van der Waals surface area contributed by atoms with Gasteiger partial charge in [-0.1, -0.05) is 0 Å². The Morgan fingerprint density at radius 1 is 0.623 bits per heavy atom. The van der Waals surface area contributed by atoms with Crippen molar-refractivity contribution in [1.29, 1.82) is 0 Å². The highest BCUT2D eigenvalue weighted by atomic mass is 127. The molecule has 376 valence electrons. The maximum atomic E-state index is 14.2. The third kappa shape index (κ3) is 18.0. The van der Waals surface area contributed by atoms with Crippen molar-refractivity contribution in [2.75, 3.05) is 77.7 Å². The number of ether oxygens (including phenoxy) is 2. The largest absolute Gasteiger partial charge is 0.485 e. The molecule has 2 saturated heterocycles. The fraction of sp³-hybridized carbons (Fsp3) is 0.442. The van der Waals surface area contributed by atoms with Gasteiger partial charge >= 0.3 is 18.4 Å². The van der Waals surface area contributed by atoms with Crippen LogP contribution in [0.25, 0.3) is 0 Å². The van der Waals surface area contributed by atoms with Crippen LogP contribution >= 0.6 is 22.6 Å². The van der Waals surface area contributed by atoms with Crippen LogP contribution in [-0.2, 0) is 26.7 Å². The molecule has 2 aliphatic rings. The molecule has 5 rings (SSSR count). The number of hydrogen-bond acceptors (Lipinski definition) is 11. The number of unbranched alkanes of at least 4 members (excludes halogenated alkanes) is 2. The number of amidine groups is 1. The molecule has 2 aliphatic heterocycles. The second kappa shape index (κ2) is 25.4. The summed E-state index contributed by atoms with van der Waals surface area (Å²) in [6.07, 6.45) is -8.14. The maximum Gasteiger partial charge on any atom is 0.416 e. The number of aliphatic imine (C=N–C) groups is 2. The van der Waals surface area contributed by atoms with Gasteiger partial charge in [0.2, 0.25) is 17.7 Å². The van der Waals surface area contributed by atoms with Gasteiger partial charge in [-0.25, -0.2) is 4.79 Å². The number of carbonyl (C=O) groups is 4. The quantitative estimate of drug-likeness (QED) is 0.0135. The Kier molecular flexibility index (Phi) is 19.7. The molecule has 2 heterocycles. The van der Waals surface area contributed by atoms with E-state index in [4.69, 9.17) is 26.7 Å². The molecular weight excluding hydrogens is 1040 g/mol. The summed E-state index contributed by atoms with van der Waals surface area (Å²) in [6, 6.07) is 7.70. The van der Waals surface area contributed by atoms with Crippen LogP contribution < -0.4 is 69.2 Å². The molecule has 26 heteroatoms. The van der Waals surface area contributed by atoms with Crippen LogP contribution in [0.1, 0.15) is 62.5 Å². The first kappa shape index (κ1) is 53.7. The smallest absolute Gasteiger partial charge is 0.416 e. The molecule has 2 atom stereocenters. The van der Waals surface area contributed by atoms with Gasteiger partial charge in [0.05, 0.1) is 40.4 Å². The monoisotopic (exact) mass is 1090 g/mol. The molecule has 2 unspecified atom stereocenters. The van der Waals surface area contributed by atoms with Crippen LogP contribution in [0.5, 0.6) is 11.5 Å². The van der Waals surface area contributed by atoms with Crippen molar-refractivity contribution >= 4 is 90.3 Å². The van der Waals surface area contributed by atoms with E-state index in [1.165, 1.54) is 24.3 Å². The van der Waals surface area contributed by atoms with Gasteiger partial charge in [-0.05, 0) is 123 Å². The van der Waals surface area contributed by atoms with E-state index in [1.54, 1.807) is 0 Å². The van der Waals surface area contributed by atoms with Crippen LogP contribution in [0.2, 0.25) is 0 Å². The van der Waals surface area contributed by atoms with Crippen LogP contribution in [0.4, 0.5) is 65.3 Å². The molecule has 19 nitrogen and oxygen atoms in total. The van der Waals surface area contributed by atoms with E-state index in [9.17, 15) is 45.5 Å². The van der Waals surface area contributed by atoms with Crippen LogP contribution in [0.3, 0.4) is 0 Å². The predicted octanol–water partition coefficient (Wildman–Crippen LogP) is 6.14. The summed E-state index contributed by atoms with van der Waals surface area (Å²) in [4.78, 5) is 60.3. The Labute approximate surface area is 406 Å². The second-order valence-corrected chi connectivity index (χ2v) is 16.9. The summed E-state index contributed by atoms with van der Waals surface area (Å²) in [5, 5.41) is 21.4. The third-order valence-corrected chi connectivity index (χ3v) is 10.6. The van der Waals surface area contributed by atoms with Crippen LogP contribution in [0.15, 0.2) is 58.5 Å². The number of urea groups is 1. The number of nitrogens with two attached hydrogens (primary N) is 3. The van der Waals surface area contributed by atoms with Gasteiger partial charge in [0.15, 0.2) is 21.3 Å². The number of nitrogens with zero attached hydrogens (tertiary/aromatic N) is 2. The Balaban J connectivity index is 1.26.